The minimum atomic E-state index is -0.513. The molecule has 128 valence electrons. The fourth-order valence-corrected chi connectivity index (χ4v) is 3.04. The molecule has 0 radical (unpaired) electrons. The Morgan fingerprint density at radius 3 is 2.46 bits per heavy atom. The molecule has 0 N–H and O–H groups in total. The van der Waals surface area contributed by atoms with Crippen LogP contribution in [-0.2, 0) is 4.79 Å². The van der Waals surface area contributed by atoms with Gasteiger partial charge in [-0.1, -0.05) is 31.0 Å². The average Bonchev–Trinajstić information content (AvgIpc) is 2.80. The highest BCUT2D eigenvalue weighted by atomic mass is 16.5. The number of aromatic nitrogens is 2. The minimum absolute atomic E-state index is 0.0607. The van der Waals surface area contributed by atoms with E-state index in [4.69, 9.17) is 4.74 Å². The molecule has 1 saturated heterocycles. The van der Waals surface area contributed by atoms with Gasteiger partial charge in [0.1, 0.15) is 0 Å². The first kappa shape index (κ1) is 16.6. The van der Waals surface area contributed by atoms with Crippen LogP contribution >= 0.6 is 0 Å². The highest BCUT2D eigenvalue weighted by Crippen LogP contribution is 2.20. The summed E-state index contributed by atoms with van der Waals surface area (Å²) in [5.41, 5.74) is 1.90. The highest BCUT2D eigenvalue weighted by molar-refractivity contribution is 5.80. The lowest BCUT2D eigenvalue weighted by Crippen LogP contribution is -2.41. The Hall–Kier alpha value is -2.30. The summed E-state index contributed by atoms with van der Waals surface area (Å²) in [5.74, 6) is 0.583. The molecular weight excluding hydrogens is 302 g/mol. The van der Waals surface area contributed by atoms with E-state index in [0.717, 1.165) is 37.2 Å². The Morgan fingerprint density at radius 2 is 1.79 bits per heavy atom. The number of carbonyl (C=O) groups excluding carboxylic acids is 1. The molecule has 1 aliphatic heterocycles. The van der Waals surface area contributed by atoms with Gasteiger partial charge < -0.3 is 9.64 Å². The monoisotopic (exact) mass is 327 g/mol. The molecular formula is C19H25N3O2. The van der Waals surface area contributed by atoms with Crippen molar-refractivity contribution in [1.29, 1.82) is 0 Å². The summed E-state index contributed by atoms with van der Waals surface area (Å²) < 4.78 is 7.67. The van der Waals surface area contributed by atoms with E-state index < -0.39 is 6.10 Å². The third-order valence-electron chi connectivity index (χ3n) is 4.43. The van der Waals surface area contributed by atoms with Gasteiger partial charge in [-0.3, -0.25) is 4.79 Å². The number of ether oxygens (including phenoxy) is 1. The third kappa shape index (κ3) is 3.78. The summed E-state index contributed by atoms with van der Waals surface area (Å²) in [7, 11) is 0. The van der Waals surface area contributed by atoms with Crippen LogP contribution in [0.4, 0.5) is 0 Å². The first-order valence-corrected chi connectivity index (χ1v) is 8.72. The van der Waals surface area contributed by atoms with Crippen molar-refractivity contribution in [1.82, 2.24) is 14.7 Å². The van der Waals surface area contributed by atoms with Crippen molar-refractivity contribution in [2.45, 2.75) is 45.6 Å². The summed E-state index contributed by atoms with van der Waals surface area (Å²) in [6.45, 7) is 5.44. The van der Waals surface area contributed by atoms with Crippen LogP contribution in [0.25, 0.3) is 5.69 Å². The van der Waals surface area contributed by atoms with Gasteiger partial charge in [-0.2, -0.15) is 0 Å². The summed E-state index contributed by atoms with van der Waals surface area (Å²) in [6.07, 6.45) is 5.99. The van der Waals surface area contributed by atoms with Crippen molar-refractivity contribution < 1.29 is 9.53 Å². The van der Waals surface area contributed by atoms with E-state index in [2.05, 4.69) is 5.10 Å². The molecule has 1 fully saturated rings. The largest absolute Gasteiger partial charge is 0.463 e. The first-order valence-electron chi connectivity index (χ1n) is 8.72. The van der Waals surface area contributed by atoms with Crippen molar-refractivity contribution in [3.63, 3.8) is 0 Å². The van der Waals surface area contributed by atoms with Gasteiger partial charge in [0, 0.05) is 24.8 Å². The summed E-state index contributed by atoms with van der Waals surface area (Å²) in [6, 6.07) is 9.89. The van der Waals surface area contributed by atoms with Gasteiger partial charge in [-0.05, 0) is 38.8 Å². The molecule has 1 aliphatic rings. The Labute approximate surface area is 143 Å². The Morgan fingerprint density at radius 1 is 1.12 bits per heavy atom. The molecule has 0 bridgehead atoms. The second-order valence-corrected chi connectivity index (χ2v) is 6.40. The van der Waals surface area contributed by atoms with E-state index in [0.29, 0.717) is 5.88 Å². The molecule has 5 heteroatoms. The normalized spacial score (nSPS) is 16.5. The van der Waals surface area contributed by atoms with E-state index in [1.54, 1.807) is 4.68 Å². The van der Waals surface area contributed by atoms with E-state index >= 15 is 0 Å². The van der Waals surface area contributed by atoms with E-state index in [-0.39, 0.29) is 5.91 Å². The van der Waals surface area contributed by atoms with Gasteiger partial charge in [0.15, 0.2) is 6.10 Å². The SMILES string of the molecule is Cc1cn(-c2ccccc2)nc1O[C@H](C)C(=O)N1CCCCCC1. The zero-order valence-corrected chi connectivity index (χ0v) is 14.4. The van der Waals surface area contributed by atoms with Crippen LogP contribution in [-0.4, -0.2) is 39.8 Å². The topological polar surface area (TPSA) is 47.4 Å². The molecule has 0 aliphatic carbocycles. The molecule has 1 amide bonds. The standard InChI is InChI=1S/C19H25N3O2/c1-15-14-22(17-10-6-5-7-11-17)20-18(15)24-16(2)19(23)21-12-8-3-4-9-13-21/h5-7,10-11,14,16H,3-4,8-9,12-13H2,1-2H3/t16-/m1/s1. The van der Waals surface area contributed by atoms with Crippen LogP contribution in [0.15, 0.2) is 36.5 Å². The predicted molar refractivity (Wildman–Crippen MR) is 93.4 cm³/mol. The van der Waals surface area contributed by atoms with Crippen LogP contribution in [0.2, 0.25) is 0 Å². The molecule has 0 spiro atoms. The summed E-state index contributed by atoms with van der Waals surface area (Å²) in [5, 5.41) is 4.49. The highest BCUT2D eigenvalue weighted by Gasteiger charge is 2.24. The Bertz CT molecular complexity index is 673. The average molecular weight is 327 g/mol. The number of aryl methyl sites for hydroxylation is 1. The van der Waals surface area contributed by atoms with E-state index in [1.807, 2.05) is 55.3 Å². The number of para-hydroxylation sites is 1. The van der Waals surface area contributed by atoms with Gasteiger partial charge in [0.25, 0.3) is 5.91 Å². The molecule has 2 aromatic rings. The van der Waals surface area contributed by atoms with Crippen LogP contribution in [0, 0.1) is 6.92 Å². The van der Waals surface area contributed by atoms with Gasteiger partial charge in [-0.15, -0.1) is 5.10 Å². The quantitative estimate of drug-likeness (QED) is 0.865. The second kappa shape index (κ2) is 7.51. The van der Waals surface area contributed by atoms with Crippen molar-refractivity contribution >= 4 is 5.91 Å². The maximum Gasteiger partial charge on any atom is 0.263 e. The van der Waals surface area contributed by atoms with Crippen LogP contribution < -0.4 is 4.74 Å². The number of amides is 1. The molecule has 1 aromatic heterocycles. The van der Waals surface area contributed by atoms with Crippen molar-refractivity contribution in [2.24, 2.45) is 0 Å². The lowest BCUT2D eigenvalue weighted by molar-refractivity contribution is -0.138. The molecule has 0 saturated carbocycles. The molecule has 5 nitrogen and oxygen atoms in total. The Balaban J connectivity index is 1.69. The lowest BCUT2D eigenvalue weighted by Gasteiger charge is -2.24. The zero-order chi connectivity index (χ0) is 16.9. The van der Waals surface area contributed by atoms with Crippen molar-refractivity contribution in [2.75, 3.05) is 13.1 Å². The predicted octanol–water partition coefficient (Wildman–Crippen LogP) is 3.35. The fraction of sp³-hybridized carbons (Fsp3) is 0.474. The summed E-state index contributed by atoms with van der Waals surface area (Å²) in [4.78, 5) is 14.5. The molecule has 1 aromatic carbocycles. The van der Waals surface area contributed by atoms with Crippen molar-refractivity contribution in [3.8, 4) is 11.6 Å². The maximum absolute atomic E-state index is 12.6. The lowest BCUT2D eigenvalue weighted by atomic mass is 10.2. The molecule has 3 rings (SSSR count). The van der Waals surface area contributed by atoms with Crippen LogP contribution in [0.1, 0.15) is 38.2 Å². The minimum Gasteiger partial charge on any atom is -0.463 e. The number of rotatable bonds is 4. The van der Waals surface area contributed by atoms with Gasteiger partial charge in [0.2, 0.25) is 5.88 Å². The maximum atomic E-state index is 12.6. The zero-order valence-electron chi connectivity index (χ0n) is 14.4. The van der Waals surface area contributed by atoms with Gasteiger partial charge >= 0.3 is 0 Å². The van der Waals surface area contributed by atoms with Gasteiger partial charge in [0.05, 0.1) is 5.69 Å². The summed E-state index contributed by atoms with van der Waals surface area (Å²) >= 11 is 0. The van der Waals surface area contributed by atoms with Crippen LogP contribution in [0.3, 0.4) is 0 Å². The smallest absolute Gasteiger partial charge is 0.263 e. The number of benzene rings is 1. The fourth-order valence-electron chi connectivity index (χ4n) is 3.04. The van der Waals surface area contributed by atoms with E-state index in [1.165, 1.54) is 12.8 Å². The number of nitrogens with zero attached hydrogens (tertiary/aromatic N) is 3. The van der Waals surface area contributed by atoms with Crippen LogP contribution in [0.5, 0.6) is 5.88 Å². The molecule has 24 heavy (non-hydrogen) atoms. The number of hydrogen-bond donors (Lipinski definition) is 0. The second-order valence-electron chi connectivity index (χ2n) is 6.40. The number of carbonyl (C=O) groups is 1. The first-order chi connectivity index (χ1) is 11.6. The molecule has 2 heterocycles. The Kier molecular flexibility index (Phi) is 5.18. The van der Waals surface area contributed by atoms with Gasteiger partial charge in [-0.25, -0.2) is 4.68 Å². The number of likely N-dealkylation sites (tertiary alicyclic amines) is 1. The van der Waals surface area contributed by atoms with E-state index in [9.17, 15) is 4.79 Å². The van der Waals surface area contributed by atoms with Crippen molar-refractivity contribution in [3.05, 3.63) is 42.1 Å². The number of hydrogen-bond acceptors (Lipinski definition) is 3. The molecule has 1 atom stereocenters. The third-order valence-corrected chi connectivity index (χ3v) is 4.43. The molecule has 0 unspecified atom stereocenters.